The van der Waals surface area contributed by atoms with Gasteiger partial charge in [-0.25, -0.2) is 4.98 Å². The second kappa shape index (κ2) is 2.57. The van der Waals surface area contributed by atoms with Crippen molar-refractivity contribution in [1.29, 1.82) is 0 Å². The zero-order valence-electron chi connectivity index (χ0n) is 5.68. The summed E-state index contributed by atoms with van der Waals surface area (Å²) in [7, 11) is -4.46. The highest BCUT2D eigenvalue weighted by Crippen LogP contribution is 2.00. The van der Waals surface area contributed by atoms with Gasteiger partial charge in [0, 0.05) is 6.07 Å². The minimum atomic E-state index is -4.46. The molecule has 0 spiro atoms. The summed E-state index contributed by atoms with van der Waals surface area (Å²) in [5.74, 6) is -0.366. The van der Waals surface area contributed by atoms with Gasteiger partial charge < -0.3 is 5.73 Å². The van der Waals surface area contributed by atoms with E-state index in [-0.39, 0.29) is 5.95 Å². The monoisotopic (exact) mass is 191 g/mol. The molecule has 0 aliphatic carbocycles. The summed E-state index contributed by atoms with van der Waals surface area (Å²) in [6, 6.07) is 0.631. The third-order valence-corrected chi connectivity index (χ3v) is 1.74. The van der Waals surface area contributed by atoms with E-state index in [1.807, 2.05) is 4.98 Å². The molecular weight excluding hydrogens is 186 g/mol. The average Bonchev–Trinajstić information content (AvgIpc) is 1.82. The molecule has 7 nitrogen and oxygen atoms in total. The van der Waals surface area contributed by atoms with Gasteiger partial charge in [0.25, 0.3) is 5.56 Å². The van der Waals surface area contributed by atoms with Crippen LogP contribution < -0.4 is 11.3 Å². The lowest BCUT2D eigenvalue weighted by Crippen LogP contribution is -2.14. The van der Waals surface area contributed by atoms with Crippen molar-refractivity contribution in [3.05, 3.63) is 16.4 Å². The van der Waals surface area contributed by atoms with Gasteiger partial charge in [0.1, 0.15) is 0 Å². The van der Waals surface area contributed by atoms with Crippen molar-refractivity contribution in [2.75, 3.05) is 5.73 Å². The maximum Gasteiger partial charge on any atom is 0.312 e. The van der Waals surface area contributed by atoms with Crippen molar-refractivity contribution in [1.82, 2.24) is 9.97 Å². The van der Waals surface area contributed by atoms with Gasteiger partial charge in [-0.2, -0.15) is 8.42 Å². The van der Waals surface area contributed by atoms with E-state index in [1.165, 1.54) is 0 Å². The van der Waals surface area contributed by atoms with E-state index < -0.39 is 20.7 Å². The minimum absolute atomic E-state index is 0.366. The number of nitrogens with zero attached hydrogens (tertiary/aromatic N) is 1. The van der Waals surface area contributed by atoms with E-state index in [2.05, 4.69) is 4.98 Å². The molecule has 0 radical (unpaired) electrons. The van der Waals surface area contributed by atoms with E-state index in [9.17, 15) is 13.2 Å². The molecule has 0 fully saturated rings. The number of aromatic amines is 1. The molecular formula is C4H5N3O4S. The second-order valence-corrected chi connectivity index (χ2v) is 3.31. The number of anilines is 1. The van der Waals surface area contributed by atoms with Crippen LogP contribution in [0.4, 0.5) is 5.95 Å². The fourth-order valence-electron chi connectivity index (χ4n) is 0.586. The fraction of sp³-hybridized carbons (Fsp3) is 0. The van der Waals surface area contributed by atoms with Crippen LogP contribution in [-0.4, -0.2) is 22.9 Å². The zero-order chi connectivity index (χ0) is 9.35. The highest BCUT2D eigenvalue weighted by Gasteiger charge is 2.12. The number of nitrogen functional groups attached to an aromatic ring is 1. The molecule has 12 heavy (non-hydrogen) atoms. The number of nitrogens with one attached hydrogen (secondary N) is 1. The summed E-state index contributed by atoms with van der Waals surface area (Å²) in [6.45, 7) is 0. The Balaban J connectivity index is 3.48. The highest BCUT2D eigenvalue weighted by atomic mass is 32.2. The first-order valence-electron chi connectivity index (χ1n) is 2.74. The van der Waals surface area contributed by atoms with E-state index in [0.717, 1.165) is 0 Å². The predicted octanol–water partition coefficient (Wildman–Crippen LogP) is -1.40. The SMILES string of the molecule is Nc1nc(S(=O)(=O)O)cc(=O)[nH]1. The normalized spacial score (nSPS) is 11.4. The Labute approximate surface area is 67.0 Å². The van der Waals surface area contributed by atoms with Gasteiger partial charge in [-0.15, -0.1) is 0 Å². The topological polar surface area (TPSA) is 126 Å². The van der Waals surface area contributed by atoms with Crippen molar-refractivity contribution in [2.24, 2.45) is 0 Å². The number of H-pyrrole nitrogens is 1. The van der Waals surface area contributed by atoms with Crippen LogP contribution in [0, 0.1) is 0 Å². The van der Waals surface area contributed by atoms with Crippen molar-refractivity contribution in [3.63, 3.8) is 0 Å². The van der Waals surface area contributed by atoms with Gasteiger partial charge >= 0.3 is 10.1 Å². The predicted molar refractivity (Wildman–Crippen MR) is 39.1 cm³/mol. The first kappa shape index (κ1) is 8.68. The smallest absolute Gasteiger partial charge is 0.312 e. The molecule has 8 heteroatoms. The molecule has 0 amide bonds. The first-order chi connectivity index (χ1) is 5.39. The molecule has 1 heterocycles. The maximum atomic E-state index is 10.6. The lowest BCUT2D eigenvalue weighted by molar-refractivity contribution is 0.479. The fourth-order valence-corrected chi connectivity index (χ4v) is 1.06. The third-order valence-electron chi connectivity index (χ3n) is 1.00. The molecule has 0 aliphatic rings. The maximum absolute atomic E-state index is 10.6. The number of nitrogens with two attached hydrogens (primary N) is 1. The van der Waals surface area contributed by atoms with Gasteiger partial charge in [-0.3, -0.25) is 14.3 Å². The lowest BCUT2D eigenvalue weighted by atomic mass is 10.6. The summed E-state index contributed by atoms with van der Waals surface area (Å²) < 4.78 is 29.3. The molecule has 0 aromatic carbocycles. The largest absolute Gasteiger partial charge is 0.369 e. The van der Waals surface area contributed by atoms with E-state index in [0.29, 0.717) is 6.07 Å². The van der Waals surface area contributed by atoms with Crippen LogP contribution in [-0.2, 0) is 10.1 Å². The molecule has 0 bridgehead atoms. The zero-order valence-corrected chi connectivity index (χ0v) is 6.50. The average molecular weight is 191 g/mol. The Morgan fingerprint density at radius 3 is 2.58 bits per heavy atom. The molecule has 1 rings (SSSR count). The quantitative estimate of drug-likeness (QED) is 0.370. The molecule has 0 unspecified atom stereocenters. The van der Waals surface area contributed by atoms with Crippen LogP contribution in [0.25, 0.3) is 0 Å². The van der Waals surface area contributed by atoms with Crippen molar-refractivity contribution in [3.8, 4) is 0 Å². The van der Waals surface area contributed by atoms with Gasteiger partial charge in [0.15, 0.2) is 5.03 Å². The van der Waals surface area contributed by atoms with Crippen LogP contribution in [0.15, 0.2) is 15.9 Å². The van der Waals surface area contributed by atoms with Crippen LogP contribution in [0.5, 0.6) is 0 Å². The summed E-state index contributed by atoms with van der Waals surface area (Å²) in [5, 5.41) is -0.760. The summed E-state index contributed by atoms with van der Waals surface area (Å²) >= 11 is 0. The van der Waals surface area contributed by atoms with Crippen LogP contribution in [0.2, 0.25) is 0 Å². The van der Waals surface area contributed by atoms with Crippen molar-refractivity contribution < 1.29 is 13.0 Å². The van der Waals surface area contributed by atoms with Gasteiger partial charge in [-0.05, 0) is 0 Å². The third kappa shape index (κ3) is 1.80. The summed E-state index contributed by atoms with van der Waals surface area (Å²) in [5.41, 5.74) is 4.27. The van der Waals surface area contributed by atoms with Crippen molar-refractivity contribution >= 4 is 16.1 Å². The van der Waals surface area contributed by atoms with Crippen molar-refractivity contribution in [2.45, 2.75) is 5.03 Å². The van der Waals surface area contributed by atoms with Gasteiger partial charge in [0.05, 0.1) is 0 Å². The Morgan fingerprint density at radius 2 is 2.17 bits per heavy atom. The molecule has 1 aromatic heterocycles. The molecule has 0 saturated carbocycles. The molecule has 0 aliphatic heterocycles. The van der Waals surface area contributed by atoms with Gasteiger partial charge in [-0.1, -0.05) is 0 Å². The molecule has 4 N–H and O–H groups in total. The molecule has 0 atom stereocenters. The number of rotatable bonds is 1. The number of hydrogen-bond donors (Lipinski definition) is 3. The first-order valence-corrected chi connectivity index (χ1v) is 4.18. The summed E-state index contributed by atoms with van der Waals surface area (Å²) in [4.78, 5) is 15.8. The number of hydrogen-bond acceptors (Lipinski definition) is 5. The minimum Gasteiger partial charge on any atom is -0.369 e. The van der Waals surface area contributed by atoms with Crippen LogP contribution >= 0.6 is 0 Å². The van der Waals surface area contributed by atoms with E-state index in [4.69, 9.17) is 10.3 Å². The molecule has 1 aromatic rings. The highest BCUT2D eigenvalue weighted by molar-refractivity contribution is 7.85. The second-order valence-electron chi connectivity index (χ2n) is 1.94. The Hall–Kier alpha value is -1.41. The lowest BCUT2D eigenvalue weighted by Gasteiger charge is -1.95. The standard InChI is InChI=1S/C4H5N3O4S/c5-4-6-2(8)1-3(7-4)12(9,10)11/h1H,(H,9,10,11)(H3,5,6,7,8). The number of aromatic nitrogens is 2. The summed E-state index contributed by atoms with van der Waals surface area (Å²) in [6.07, 6.45) is 0. The Bertz CT molecular complexity index is 448. The van der Waals surface area contributed by atoms with E-state index >= 15 is 0 Å². The Kier molecular flexibility index (Phi) is 1.86. The van der Waals surface area contributed by atoms with Gasteiger partial charge in [0.2, 0.25) is 5.95 Å². The Morgan fingerprint density at radius 1 is 1.58 bits per heavy atom. The van der Waals surface area contributed by atoms with Crippen LogP contribution in [0.3, 0.4) is 0 Å². The molecule has 66 valence electrons. The molecule has 0 saturated heterocycles. The van der Waals surface area contributed by atoms with Crippen LogP contribution in [0.1, 0.15) is 0 Å². The van der Waals surface area contributed by atoms with E-state index in [1.54, 1.807) is 0 Å².